The summed E-state index contributed by atoms with van der Waals surface area (Å²) in [6, 6.07) is -0.00353. The number of hydrogen-bond donors (Lipinski definition) is 2. The summed E-state index contributed by atoms with van der Waals surface area (Å²) >= 11 is 2.96. The molecule has 0 saturated carbocycles. The highest BCUT2D eigenvalue weighted by Gasteiger charge is 2.43. The van der Waals surface area contributed by atoms with E-state index >= 15 is 0 Å². The first kappa shape index (κ1) is 40.6. The number of nitrogens with zero attached hydrogens (tertiary/aromatic N) is 5. The number of carbonyl (C=O) groups excluding carboxylic acids is 5. The van der Waals surface area contributed by atoms with Crippen molar-refractivity contribution in [1.82, 2.24) is 35.4 Å². The van der Waals surface area contributed by atoms with Crippen LogP contribution < -0.4 is 10.6 Å². The van der Waals surface area contributed by atoms with Gasteiger partial charge in [-0.3, -0.25) is 28.9 Å². The van der Waals surface area contributed by atoms with Crippen molar-refractivity contribution in [2.75, 3.05) is 38.8 Å². The molecular weight excluding hydrogens is 719 g/mol. The van der Waals surface area contributed by atoms with E-state index in [1.807, 2.05) is 13.8 Å². The number of thioether (sulfide) groups is 1. The Morgan fingerprint density at radius 1 is 1.04 bits per heavy atom. The molecule has 0 aromatic carbocycles. The fourth-order valence-corrected chi connectivity index (χ4v) is 9.30. The molecule has 2 bridgehead atoms. The lowest BCUT2D eigenvalue weighted by Crippen LogP contribution is -2.62. The summed E-state index contributed by atoms with van der Waals surface area (Å²) in [5.41, 5.74) is 0.134. The predicted molar refractivity (Wildman–Crippen MR) is 201 cm³/mol. The van der Waals surface area contributed by atoms with Crippen molar-refractivity contribution in [1.29, 1.82) is 0 Å². The Morgan fingerprint density at radius 3 is 2.30 bits per heavy atom. The molecular formula is C37H53N7O7S2. The highest BCUT2D eigenvalue weighted by molar-refractivity contribution is 8.00. The second-order valence-electron chi connectivity index (χ2n) is 14.9. The molecule has 6 rings (SSSR count). The van der Waals surface area contributed by atoms with E-state index in [0.717, 1.165) is 43.9 Å². The molecule has 0 radical (unpaired) electrons. The lowest BCUT2D eigenvalue weighted by Gasteiger charge is -2.45. The zero-order chi connectivity index (χ0) is 38.2. The number of amides is 3. The average molecular weight is 772 g/mol. The zero-order valence-electron chi connectivity index (χ0n) is 31.5. The number of ether oxygens (including phenoxy) is 2. The molecule has 2 N–H and O–H groups in total. The molecule has 6 atom stereocenters. The molecule has 2 aromatic heterocycles. The smallest absolute Gasteiger partial charge is 0.308 e. The Hall–Kier alpha value is -3.63. The Bertz CT molecular complexity index is 1580. The average Bonchev–Trinajstić information content (AvgIpc) is 3.62. The molecule has 4 fully saturated rings. The largest absolute Gasteiger partial charge is 0.469 e. The van der Waals surface area contributed by atoms with Gasteiger partial charge in [0.2, 0.25) is 11.8 Å². The van der Waals surface area contributed by atoms with Gasteiger partial charge in [0.1, 0.15) is 22.6 Å². The van der Waals surface area contributed by atoms with Crippen molar-refractivity contribution in [3.63, 3.8) is 0 Å². The van der Waals surface area contributed by atoms with Gasteiger partial charge >= 0.3 is 11.9 Å². The van der Waals surface area contributed by atoms with Gasteiger partial charge in [0.05, 0.1) is 19.1 Å². The molecule has 290 valence electrons. The van der Waals surface area contributed by atoms with Crippen molar-refractivity contribution >= 4 is 52.8 Å². The lowest BCUT2D eigenvalue weighted by molar-refractivity contribution is -0.149. The molecule has 3 amide bonds. The molecule has 0 unspecified atom stereocenters. The molecule has 2 aromatic rings. The van der Waals surface area contributed by atoms with E-state index in [1.54, 1.807) is 54.5 Å². The van der Waals surface area contributed by atoms with Crippen LogP contribution in [0.3, 0.4) is 0 Å². The number of nitrogens with one attached hydrogen (secondary N) is 2. The van der Waals surface area contributed by atoms with Crippen LogP contribution in [0.2, 0.25) is 0 Å². The molecule has 14 nitrogen and oxygen atoms in total. The van der Waals surface area contributed by atoms with Gasteiger partial charge in [-0.2, -0.15) is 11.8 Å². The monoisotopic (exact) mass is 771 g/mol. The van der Waals surface area contributed by atoms with Crippen LogP contribution in [0, 0.1) is 23.7 Å². The van der Waals surface area contributed by atoms with Crippen molar-refractivity contribution in [3.8, 4) is 0 Å². The number of carbonyl (C=O) groups is 5. The van der Waals surface area contributed by atoms with Crippen molar-refractivity contribution in [2.45, 2.75) is 96.5 Å². The van der Waals surface area contributed by atoms with Gasteiger partial charge in [0, 0.05) is 62.6 Å². The number of hydrogen-bond acceptors (Lipinski definition) is 13. The van der Waals surface area contributed by atoms with E-state index in [4.69, 9.17) is 9.47 Å². The van der Waals surface area contributed by atoms with Crippen LogP contribution in [0.5, 0.6) is 0 Å². The molecule has 4 aliphatic heterocycles. The third-order valence-corrected chi connectivity index (χ3v) is 12.9. The normalized spacial score (nSPS) is 22.4. The van der Waals surface area contributed by atoms with Crippen LogP contribution >= 0.6 is 23.1 Å². The molecule has 4 aliphatic rings. The summed E-state index contributed by atoms with van der Waals surface area (Å²) in [6.45, 7) is 8.90. The maximum absolute atomic E-state index is 14.3. The number of fused-ring (bicyclic) bond motifs is 3. The predicted octanol–water partition coefficient (Wildman–Crippen LogP) is 3.28. The second-order valence-corrected chi connectivity index (χ2v) is 16.8. The minimum absolute atomic E-state index is 0.0326. The minimum atomic E-state index is -0.826. The summed E-state index contributed by atoms with van der Waals surface area (Å²) < 4.78 is 10.7. The van der Waals surface area contributed by atoms with E-state index in [9.17, 15) is 24.0 Å². The number of aromatic nitrogens is 3. The Morgan fingerprint density at radius 2 is 1.74 bits per heavy atom. The van der Waals surface area contributed by atoms with Crippen molar-refractivity contribution in [3.05, 3.63) is 40.4 Å². The first-order valence-electron chi connectivity index (χ1n) is 18.5. The number of thiazole rings is 1. The maximum Gasteiger partial charge on any atom is 0.308 e. The zero-order valence-corrected chi connectivity index (χ0v) is 33.1. The van der Waals surface area contributed by atoms with E-state index in [1.165, 1.54) is 25.4 Å². The SMILES string of the molecule is COC(=O)[C@@H](C)C[C@H](Cc1ncccn1)NC(=O)c1csc([C@@H](C[C@H](C(C)C)N(C)C(=O)[C@@H](NC(=O)[C@H]2CC3CCN2CC3)C2CSC2)OC(C)=O)n1. The summed E-state index contributed by atoms with van der Waals surface area (Å²) in [4.78, 5) is 83.1. The van der Waals surface area contributed by atoms with Gasteiger partial charge in [0.15, 0.2) is 6.10 Å². The number of likely N-dealkylation sites (N-methyl/N-ethyl adjacent to an activating group) is 1. The maximum atomic E-state index is 14.3. The highest BCUT2D eigenvalue weighted by atomic mass is 32.2. The van der Waals surface area contributed by atoms with E-state index in [2.05, 4.69) is 30.5 Å². The molecule has 0 spiro atoms. The fourth-order valence-electron chi connectivity index (χ4n) is 7.57. The first-order valence-corrected chi connectivity index (χ1v) is 20.5. The topological polar surface area (TPSA) is 173 Å². The van der Waals surface area contributed by atoms with Gasteiger partial charge in [-0.25, -0.2) is 15.0 Å². The summed E-state index contributed by atoms with van der Waals surface area (Å²) in [6.07, 6.45) is 6.32. The third kappa shape index (κ3) is 10.5. The van der Waals surface area contributed by atoms with Gasteiger partial charge in [0.25, 0.3) is 5.91 Å². The van der Waals surface area contributed by atoms with E-state index < -0.39 is 42.0 Å². The summed E-state index contributed by atoms with van der Waals surface area (Å²) in [5.74, 6) is 0.607. The van der Waals surface area contributed by atoms with Crippen LogP contribution in [0.25, 0.3) is 0 Å². The van der Waals surface area contributed by atoms with Crippen LogP contribution in [0.15, 0.2) is 23.8 Å². The first-order chi connectivity index (χ1) is 25.3. The van der Waals surface area contributed by atoms with E-state index in [0.29, 0.717) is 23.2 Å². The Labute approximate surface area is 319 Å². The van der Waals surface area contributed by atoms with Crippen molar-refractivity contribution < 1.29 is 33.4 Å². The standard InChI is InChI=1S/C37H53N7O7S2/c1-21(2)28(43(5)36(48)32(25-18-52-19-25)42-34(47)29-15-24-8-12-44(29)13-9-24)17-30(51-23(4)45)35-41-27(20-53-35)33(46)40-26(14-22(3)37(49)50-6)16-31-38-10-7-11-39-31/h7,10-11,20-22,24-26,28-30,32H,8-9,12-19H2,1-6H3,(H,40,46)(H,42,47)/t22-,26+,28+,29+,30+,32-/m0/s1. The van der Waals surface area contributed by atoms with Crippen LogP contribution in [0.1, 0.15) is 87.2 Å². The summed E-state index contributed by atoms with van der Waals surface area (Å²) in [5, 5.41) is 8.18. The lowest BCUT2D eigenvalue weighted by atomic mass is 9.83. The molecule has 0 aliphatic carbocycles. The van der Waals surface area contributed by atoms with Crippen molar-refractivity contribution in [2.24, 2.45) is 23.7 Å². The Kier molecular flexibility index (Phi) is 14.2. The fraction of sp³-hybridized carbons (Fsp3) is 0.676. The molecule has 16 heteroatoms. The number of esters is 2. The van der Waals surface area contributed by atoms with Gasteiger partial charge < -0.3 is 25.0 Å². The van der Waals surface area contributed by atoms with E-state index in [-0.39, 0.29) is 54.3 Å². The minimum Gasteiger partial charge on any atom is -0.469 e. The number of rotatable bonds is 17. The number of methoxy groups -OCH3 is 1. The quantitative estimate of drug-likeness (QED) is 0.225. The third-order valence-electron chi connectivity index (χ3n) is 10.7. The van der Waals surface area contributed by atoms with Crippen LogP contribution in [-0.2, 0) is 35.1 Å². The van der Waals surface area contributed by atoms with Gasteiger partial charge in [-0.15, -0.1) is 11.3 Å². The molecule has 6 heterocycles. The van der Waals surface area contributed by atoms with Crippen LogP contribution in [-0.4, -0.2) is 117 Å². The highest BCUT2D eigenvalue weighted by Crippen LogP contribution is 2.35. The van der Waals surface area contributed by atoms with Gasteiger partial charge in [-0.1, -0.05) is 20.8 Å². The number of piperidine rings is 3. The molecule has 53 heavy (non-hydrogen) atoms. The van der Waals surface area contributed by atoms with Crippen LogP contribution in [0.4, 0.5) is 0 Å². The summed E-state index contributed by atoms with van der Waals surface area (Å²) in [7, 11) is 3.07. The Balaban J connectivity index is 1.29. The molecule has 4 saturated heterocycles. The second kappa shape index (κ2) is 18.6. The van der Waals surface area contributed by atoms with Gasteiger partial charge in [-0.05, 0) is 68.2 Å².